The van der Waals surface area contributed by atoms with Gasteiger partial charge in [-0.05, 0) is 36.5 Å². The summed E-state index contributed by atoms with van der Waals surface area (Å²) in [6.45, 7) is 0.684. The molecule has 1 aromatic rings. The lowest BCUT2D eigenvalue weighted by molar-refractivity contribution is 0.306. The van der Waals surface area contributed by atoms with Gasteiger partial charge in [0.05, 0.1) is 0 Å². The van der Waals surface area contributed by atoms with Gasteiger partial charge in [0.15, 0.2) is 0 Å². The molecule has 0 amide bonds. The minimum Gasteiger partial charge on any atom is -0.329 e. The Bertz CT molecular complexity index is 202. The van der Waals surface area contributed by atoms with Gasteiger partial charge < -0.3 is 10.6 Å². The number of halogens is 2. The first kappa shape index (κ1) is 15.7. The van der Waals surface area contributed by atoms with Gasteiger partial charge in [0.25, 0.3) is 0 Å². The molecule has 0 unspecified atom stereocenters. The van der Waals surface area contributed by atoms with Crippen LogP contribution in [0.2, 0.25) is 0 Å². The molecule has 0 aliphatic heterocycles. The molecular weight excluding hydrogens is 227 g/mol. The highest BCUT2D eigenvalue weighted by Gasteiger charge is 2.10. The molecule has 0 radical (unpaired) electrons. The Morgan fingerprint density at radius 1 is 1.46 bits per heavy atom. The fourth-order valence-corrected chi connectivity index (χ4v) is 1.82. The third kappa shape index (κ3) is 4.29. The zero-order valence-corrected chi connectivity index (χ0v) is 10.2. The summed E-state index contributed by atoms with van der Waals surface area (Å²) < 4.78 is 0. The summed E-state index contributed by atoms with van der Waals surface area (Å²) in [6.07, 6.45) is 0. The van der Waals surface area contributed by atoms with E-state index in [1.165, 1.54) is 5.56 Å². The summed E-state index contributed by atoms with van der Waals surface area (Å²) in [5.74, 6) is 0. The molecule has 0 aromatic carbocycles. The van der Waals surface area contributed by atoms with Gasteiger partial charge in [0.1, 0.15) is 0 Å². The fraction of sp³-hybridized carbons (Fsp3) is 0.500. The maximum absolute atomic E-state index is 5.63. The summed E-state index contributed by atoms with van der Waals surface area (Å²) in [7, 11) is 4.10. The van der Waals surface area contributed by atoms with E-state index < -0.39 is 0 Å². The van der Waals surface area contributed by atoms with Crippen LogP contribution in [0.1, 0.15) is 11.6 Å². The minimum atomic E-state index is 0. The van der Waals surface area contributed by atoms with Gasteiger partial charge in [-0.1, -0.05) is 0 Å². The molecule has 0 saturated heterocycles. The van der Waals surface area contributed by atoms with E-state index in [0.29, 0.717) is 12.6 Å². The lowest BCUT2D eigenvalue weighted by Gasteiger charge is -2.21. The number of hydrogen-bond acceptors (Lipinski definition) is 3. The van der Waals surface area contributed by atoms with Crippen LogP contribution < -0.4 is 5.73 Å². The zero-order chi connectivity index (χ0) is 8.27. The largest absolute Gasteiger partial charge is 0.329 e. The number of thiophene rings is 1. The van der Waals surface area contributed by atoms with E-state index in [0.717, 1.165) is 0 Å². The maximum atomic E-state index is 5.63. The summed E-state index contributed by atoms with van der Waals surface area (Å²) in [6, 6.07) is 2.50. The molecule has 1 aromatic heterocycles. The van der Waals surface area contributed by atoms with Crippen LogP contribution in [0.3, 0.4) is 0 Å². The van der Waals surface area contributed by atoms with Crippen LogP contribution in [0, 0.1) is 0 Å². The van der Waals surface area contributed by atoms with Crippen molar-refractivity contribution in [3.8, 4) is 0 Å². The quantitative estimate of drug-likeness (QED) is 0.881. The molecule has 0 saturated carbocycles. The molecule has 1 atom stereocenters. The summed E-state index contributed by atoms with van der Waals surface area (Å²) in [4.78, 5) is 2.14. The molecule has 0 aliphatic carbocycles. The van der Waals surface area contributed by atoms with Crippen molar-refractivity contribution >= 4 is 36.2 Å². The van der Waals surface area contributed by atoms with E-state index in [1.54, 1.807) is 11.3 Å². The summed E-state index contributed by atoms with van der Waals surface area (Å²) in [5, 5.41) is 4.24. The molecule has 5 heteroatoms. The Morgan fingerprint density at radius 2 is 2.08 bits per heavy atom. The van der Waals surface area contributed by atoms with Crippen LogP contribution in [-0.2, 0) is 0 Å². The highest BCUT2D eigenvalue weighted by atomic mass is 35.5. The lowest BCUT2D eigenvalue weighted by Crippen LogP contribution is -2.26. The second kappa shape index (κ2) is 7.59. The molecule has 78 valence electrons. The second-order valence-corrected chi connectivity index (χ2v) is 3.55. The SMILES string of the molecule is CN(C)[C@H](CN)c1ccsc1.Cl.Cl. The van der Waals surface area contributed by atoms with Crippen molar-refractivity contribution in [2.45, 2.75) is 6.04 Å². The topological polar surface area (TPSA) is 29.3 Å². The monoisotopic (exact) mass is 242 g/mol. The average Bonchev–Trinajstić information content (AvgIpc) is 2.40. The van der Waals surface area contributed by atoms with Gasteiger partial charge in [-0.25, -0.2) is 0 Å². The molecule has 0 bridgehead atoms. The van der Waals surface area contributed by atoms with E-state index in [-0.39, 0.29) is 24.8 Å². The first-order valence-electron chi connectivity index (χ1n) is 3.64. The average molecular weight is 243 g/mol. The molecule has 13 heavy (non-hydrogen) atoms. The highest BCUT2D eigenvalue weighted by molar-refractivity contribution is 7.07. The predicted octanol–water partition coefficient (Wildman–Crippen LogP) is 2.15. The highest BCUT2D eigenvalue weighted by Crippen LogP contribution is 2.18. The fourth-order valence-electron chi connectivity index (χ4n) is 1.11. The number of nitrogens with zero attached hydrogens (tertiary/aromatic N) is 1. The van der Waals surface area contributed by atoms with Crippen LogP contribution in [0.4, 0.5) is 0 Å². The molecule has 2 N–H and O–H groups in total. The Labute approximate surface area is 95.9 Å². The van der Waals surface area contributed by atoms with Crippen LogP contribution in [-0.4, -0.2) is 25.5 Å². The molecule has 1 rings (SSSR count). The smallest absolute Gasteiger partial charge is 0.0472 e. The summed E-state index contributed by atoms with van der Waals surface area (Å²) in [5.41, 5.74) is 6.95. The number of hydrogen-bond donors (Lipinski definition) is 1. The van der Waals surface area contributed by atoms with E-state index in [2.05, 4.69) is 35.8 Å². The van der Waals surface area contributed by atoms with Crippen LogP contribution in [0.5, 0.6) is 0 Å². The van der Waals surface area contributed by atoms with Crippen molar-refractivity contribution < 1.29 is 0 Å². The van der Waals surface area contributed by atoms with E-state index in [1.807, 2.05) is 0 Å². The Hall–Kier alpha value is 0.200. The van der Waals surface area contributed by atoms with Gasteiger partial charge in [0.2, 0.25) is 0 Å². The Kier molecular flexibility index (Phi) is 9.14. The number of nitrogens with two attached hydrogens (primary N) is 1. The number of rotatable bonds is 3. The van der Waals surface area contributed by atoms with Crippen molar-refractivity contribution in [3.05, 3.63) is 22.4 Å². The van der Waals surface area contributed by atoms with Crippen molar-refractivity contribution in [3.63, 3.8) is 0 Å². The first-order chi connectivity index (χ1) is 5.25. The summed E-state index contributed by atoms with van der Waals surface area (Å²) >= 11 is 1.72. The molecule has 0 fully saturated rings. The van der Waals surface area contributed by atoms with Crippen molar-refractivity contribution in [1.29, 1.82) is 0 Å². The molecule has 0 aliphatic rings. The molecule has 2 nitrogen and oxygen atoms in total. The molecule has 0 spiro atoms. The van der Waals surface area contributed by atoms with Gasteiger partial charge in [-0.15, -0.1) is 24.8 Å². The second-order valence-electron chi connectivity index (χ2n) is 2.77. The molecular formula is C8H16Cl2N2S. The third-order valence-electron chi connectivity index (χ3n) is 1.77. The van der Waals surface area contributed by atoms with Crippen LogP contribution in [0.25, 0.3) is 0 Å². The van der Waals surface area contributed by atoms with E-state index >= 15 is 0 Å². The van der Waals surface area contributed by atoms with Crippen molar-refractivity contribution in [2.75, 3.05) is 20.6 Å². The van der Waals surface area contributed by atoms with Gasteiger partial charge in [-0.2, -0.15) is 11.3 Å². The van der Waals surface area contributed by atoms with Gasteiger partial charge in [-0.3, -0.25) is 0 Å². The Balaban J connectivity index is 0. The minimum absolute atomic E-state index is 0. The normalized spacial score (nSPS) is 11.7. The zero-order valence-electron chi connectivity index (χ0n) is 7.77. The maximum Gasteiger partial charge on any atom is 0.0472 e. The Morgan fingerprint density at radius 3 is 2.38 bits per heavy atom. The predicted molar refractivity (Wildman–Crippen MR) is 64.3 cm³/mol. The molecule has 1 heterocycles. The van der Waals surface area contributed by atoms with Gasteiger partial charge in [0, 0.05) is 12.6 Å². The first-order valence-corrected chi connectivity index (χ1v) is 4.58. The van der Waals surface area contributed by atoms with E-state index in [4.69, 9.17) is 5.73 Å². The standard InChI is InChI=1S/C8H14N2S.2ClH/c1-10(2)8(5-9)7-3-4-11-6-7;;/h3-4,6,8H,5,9H2,1-2H3;2*1H/t8-;;/m1../s1. The van der Waals surface area contributed by atoms with E-state index in [9.17, 15) is 0 Å². The van der Waals surface area contributed by atoms with Crippen molar-refractivity contribution in [2.24, 2.45) is 5.73 Å². The lowest BCUT2D eigenvalue weighted by atomic mass is 10.1. The van der Waals surface area contributed by atoms with Crippen LogP contribution >= 0.6 is 36.2 Å². The third-order valence-corrected chi connectivity index (χ3v) is 2.48. The number of likely N-dealkylation sites (N-methyl/N-ethyl adjacent to an activating group) is 1. The van der Waals surface area contributed by atoms with Gasteiger partial charge >= 0.3 is 0 Å². The van der Waals surface area contributed by atoms with Crippen LogP contribution in [0.15, 0.2) is 16.8 Å². The van der Waals surface area contributed by atoms with Crippen molar-refractivity contribution in [1.82, 2.24) is 4.90 Å².